The largest absolute Gasteiger partial charge is 0.497 e. The maximum atomic E-state index is 14.4. The van der Waals surface area contributed by atoms with Crippen molar-refractivity contribution in [1.29, 1.82) is 0 Å². The molecule has 0 spiro atoms. The molecule has 0 aliphatic rings. The minimum atomic E-state index is -4.49. The van der Waals surface area contributed by atoms with Gasteiger partial charge in [-0.15, -0.1) is 0 Å². The first kappa shape index (κ1) is 36.0. The molecule has 1 N–H and O–H groups in total. The van der Waals surface area contributed by atoms with Crippen LogP contribution in [0.2, 0.25) is 0 Å². The van der Waals surface area contributed by atoms with Crippen LogP contribution < -0.4 is 28.6 Å². The number of nitrogens with one attached hydrogen (secondary N) is 1. The van der Waals surface area contributed by atoms with Gasteiger partial charge in [0.15, 0.2) is 11.5 Å². The monoisotopic (exact) mass is 659 g/mol. The van der Waals surface area contributed by atoms with Crippen molar-refractivity contribution in [3.8, 4) is 23.0 Å². The van der Waals surface area contributed by atoms with Crippen LogP contribution in [0.4, 0.5) is 10.1 Å². The molecule has 3 aromatic rings. The van der Waals surface area contributed by atoms with E-state index in [4.69, 9.17) is 18.9 Å². The van der Waals surface area contributed by atoms with Crippen molar-refractivity contribution in [2.75, 3.05) is 39.3 Å². The van der Waals surface area contributed by atoms with Gasteiger partial charge >= 0.3 is 0 Å². The molecule has 0 aliphatic heterocycles. The fourth-order valence-electron chi connectivity index (χ4n) is 4.76. The van der Waals surface area contributed by atoms with Crippen molar-refractivity contribution in [1.82, 2.24) is 10.2 Å². The van der Waals surface area contributed by atoms with Gasteiger partial charge in [0.25, 0.3) is 10.0 Å². The second kappa shape index (κ2) is 16.2. The van der Waals surface area contributed by atoms with E-state index in [-0.39, 0.29) is 47.0 Å². The van der Waals surface area contributed by atoms with Gasteiger partial charge in [-0.05, 0) is 61.7 Å². The maximum absolute atomic E-state index is 14.4. The van der Waals surface area contributed by atoms with Gasteiger partial charge in [-0.1, -0.05) is 26.0 Å². The van der Waals surface area contributed by atoms with Gasteiger partial charge in [0.05, 0.1) is 39.0 Å². The van der Waals surface area contributed by atoms with Crippen LogP contribution >= 0.6 is 0 Å². The van der Waals surface area contributed by atoms with Crippen LogP contribution in [0.15, 0.2) is 65.6 Å². The lowest BCUT2D eigenvalue weighted by Crippen LogP contribution is -2.53. The molecule has 2 amide bonds. The Balaban J connectivity index is 2.19. The third-order valence-corrected chi connectivity index (χ3v) is 9.29. The number of anilines is 1. The van der Waals surface area contributed by atoms with Gasteiger partial charge < -0.3 is 29.2 Å². The van der Waals surface area contributed by atoms with E-state index >= 15 is 0 Å². The molecule has 0 saturated heterocycles. The van der Waals surface area contributed by atoms with Crippen molar-refractivity contribution in [2.45, 2.75) is 57.1 Å². The molecule has 13 heteroatoms. The molecule has 11 nitrogen and oxygen atoms in total. The van der Waals surface area contributed by atoms with Gasteiger partial charge in [0.1, 0.15) is 29.9 Å². The van der Waals surface area contributed by atoms with E-state index in [2.05, 4.69) is 5.32 Å². The Morgan fingerprint density at radius 1 is 0.826 bits per heavy atom. The average molecular weight is 660 g/mol. The molecule has 3 aromatic carbocycles. The Morgan fingerprint density at radius 3 is 2.02 bits per heavy atom. The third-order valence-electron chi connectivity index (χ3n) is 7.53. The summed E-state index contributed by atoms with van der Waals surface area (Å²) >= 11 is 0. The van der Waals surface area contributed by atoms with E-state index in [1.807, 2.05) is 13.8 Å². The average Bonchev–Trinajstić information content (AvgIpc) is 3.06. The van der Waals surface area contributed by atoms with Crippen LogP contribution in [0.1, 0.15) is 39.2 Å². The summed E-state index contributed by atoms with van der Waals surface area (Å²) < 4.78 is 65.0. The summed E-state index contributed by atoms with van der Waals surface area (Å²) in [7, 11) is 1.12. The van der Waals surface area contributed by atoms with Crippen LogP contribution in [-0.4, -0.2) is 72.2 Å². The van der Waals surface area contributed by atoms with Crippen molar-refractivity contribution in [3.05, 3.63) is 72.0 Å². The molecular formula is C33H42FN3O8S. The van der Waals surface area contributed by atoms with Gasteiger partial charge in [0.2, 0.25) is 11.8 Å². The highest BCUT2D eigenvalue weighted by atomic mass is 32.2. The fourth-order valence-corrected chi connectivity index (χ4v) is 6.19. The molecule has 0 unspecified atom stereocenters. The number of hydrogen-bond acceptors (Lipinski definition) is 8. The number of ether oxygens (including phenoxy) is 4. The molecule has 250 valence electrons. The highest BCUT2D eigenvalue weighted by molar-refractivity contribution is 7.92. The number of benzene rings is 3. The smallest absolute Gasteiger partial charge is 0.265 e. The summed E-state index contributed by atoms with van der Waals surface area (Å²) in [5, 5.41) is 2.92. The highest BCUT2D eigenvalue weighted by Gasteiger charge is 2.35. The Kier molecular flexibility index (Phi) is 12.6. The first-order chi connectivity index (χ1) is 21.9. The number of nitrogens with zero attached hydrogens (tertiary/aromatic N) is 2. The SMILES string of the molecule is CC[C@H](C(=O)N[C@@H](C)CC)N(Cc1ccc(F)cc1)C(=O)CN(c1cc(OC)ccc1OC)S(=O)(=O)c1ccc(OC)c(OC)c1. The van der Waals surface area contributed by atoms with Gasteiger partial charge in [-0.2, -0.15) is 0 Å². The first-order valence-electron chi connectivity index (χ1n) is 14.7. The molecule has 0 aromatic heterocycles. The normalized spacial score (nSPS) is 12.4. The van der Waals surface area contributed by atoms with Crippen LogP contribution in [0.5, 0.6) is 23.0 Å². The second-order valence-electron chi connectivity index (χ2n) is 10.5. The zero-order valence-electron chi connectivity index (χ0n) is 27.2. The number of sulfonamides is 1. The van der Waals surface area contributed by atoms with Crippen molar-refractivity contribution in [2.24, 2.45) is 0 Å². The molecule has 0 bridgehead atoms. The molecule has 0 saturated carbocycles. The quantitative estimate of drug-likeness (QED) is 0.233. The van der Waals surface area contributed by atoms with Gasteiger partial charge in [-0.25, -0.2) is 12.8 Å². The van der Waals surface area contributed by atoms with Gasteiger partial charge in [-0.3, -0.25) is 13.9 Å². The third kappa shape index (κ3) is 8.39. The number of hydrogen-bond donors (Lipinski definition) is 1. The Hall–Kier alpha value is -4.52. The van der Waals surface area contributed by atoms with E-state index in [9.17, 15) is 22.4 Å². The first-order valence-corrected chi connectivity index (χ1v) is 16.2. The zero-order valence-corrected chi connectivity index (χ0v) is 28.0. The predicted molar refractivity (Wildman–Crippen MR) is 173 cm³/mol. The molecule has 46 heavy (non-hydrogen) atoms. The molecule has 0 heterocycles. The number of carbonyl (C=O) groups is 2. The van der Waals surface area contributed by atoms with E-state index in [1.165, 1.54) is 87.9 Å². The molecular weight excluding hydrogens is 617 g/mol. The minimum absolute atomic E-state index is 0.0313. The predicted octanol–water partition coefficient (Wildman–Crippen LogP) is 4.78. The molecule has 0 radical (unpaired) electrons. The van der Waals surface area contributed by atoms with Crippen molar-refractivity contribution < 1.29 is 41.3 Å². The Labute approximate surface area is 270 Å². The number of rotatable bonds is 16. The lowest BCUT2D eigenvalue weighted by molar-refractivity contribution is -0.140. The number of methoxy groups -OCH3 is 4. The van der Waals surface area contributed by atoms with Crippen LogP contribution in [0.25, 0.3) is 0 Å². The van der Waals surface area contributed by atoms with Crippen molar-refractivity contribution >= 4 is 27.5 Å². The topological polar surface area (TPSA) is 124 Å². The lowest BCUT2D eigenvalue weighted by Gasteiger charge is -2.34. The summed E-state index contributed by atoms with van der Waals surface area (Å²) in [4.78, 5) is 29.0. The fraction of sp³-hybridized carbons (Fsp3) is 0.394. The second-order valence-corrected chi connectivity index (χ2v) is 12.3. The maximum Gasteiger partial charge on any atom is 0.265 e. The number of carbonyl (C=O) groups excluding carboxylic acids is 2. The lowest BCUT2D eigenvalue weighted by atomic mass is 10.1. The highest BCUT2D eigenvalue weighted by Crippen LogP contribution is 2.38. The summed E-state index contributed by atoms with van der Waals surface area (Å²) in [5.74, 6) is -0.571. The van der Waals surface area contributed by atoms with Crippen LogP contribution in [-0.2, 0) is 26.2 Å². The van der Waals surface area contributed by atoms with Gasteiger partial charge in [0, 0.05) is 24.7 Å². The van der Waals surface area contributed by atoms with Crippen LogP contribution in [0.3, 0.4) is 0 Å². The summed E-state index contributed by atoms with van der Waals surface area (Å²) in [6.07, 6.45) is 0.904. The molecule has 3 rings (SSSR count). The Bertz CT molecular complexity index is 1600. The summed E-state index contributed by atoms with van der Waals surface area (Å²) in [5.41, 5.74) is 0.585. The Morgan fingerprint density at radius 2 is 1.46 bits per heavy atom. The molecule has 0 fully saturated rings. The van der Waals surface area contributed by atoms with Crippen molar-refractivity contribution in [3.63, 3.8) is 0 Å². The van der Waals surface area contributed by atoms with Crippen LogP contribution in [0, 0.1) is 5.82 Å². The van der Waals surface area contributed by atoms with E-state index in [1.54, 1.807) is 13.0 Å². The minimum Gasteiger partial charge on any atom is -0.497 e. The summed E-state index contributed by atoms with van der Waals surface area (Å²) in [6, 6.07) is 13.1. The standard InChI is InChI=1S/C33H42FN3O8S/c1-8-22(3)35-33(39)27(9-2)36(20-23-10-12-24(34)13-11-23)32(38)21-37(28-18-25(42-4)14-16-29(28)43-5)46(40,41)26-15-17-30(44-6)31(19-26)45-7/h10-19,22,27H,8-9,20-21H2,1-7H3,(H,35,39)/t22-,27+/m0/s1. The number of amides is 2. The van der Waals surface area contributed by atoms with E-state index in [0.717, 1.165) is 4.31 Å². The van der Waals surface area contributed by atoms with E-state index in [0.29, 0.717) is 23.5 Å². The number of halogens is 1. The van der Waals surface area contributed by atoms with E-state index < -0.39 is 34.3 Å². The molecule has 2 atom stereocenters. The summed E-state index contributed by atoms with van der Waals surface area (Å²) in [6.45, 7) is 4.74. The molecule has 0 aliphatic carbocycles. The zero-order chi connectivity index (χ0) is 34.0.